The van der Waals surface area contributed by atoms with Crippen LogP contribution in [0.2, 0.25) is 0 Å². The van der Waals surface area contributed by atoms with Gasteiger partial charge in [-0.25, -0.2) is 0 Å². The number of nitrogens with zero attached hydrogens (tertiary/aromatic N) is 1. The van der Waals surface area contributed by atoms with E-state index in [2.05, 4.69) is 9.38 Å². The first-order chi connectivity index (χ1) is 7.68. The molecule has 1 aromatic heterocycles. The van der Waals surface area contributed by atoms with Gasteiger partial charge in [0.2, 0.25) is 0 Å². The molecule has 0 unspecified atom stereocenters. The van der Waals surface area contributed by atoms with Crippen molar-refractivity contribution in [2.45, 2.75) is 4.90 Å². The summed E-state index contributed by atoms with van der Waals surface area (Å²) in [7, 11) is -3.59. The lowest BCUT2D eigenvalue weighted by molar-refractivity contribution is 0.598. The van der Waals surface area contributed by atoms with Crippen LogP contribution in [0.4, 0.5) is 0 Å². The van der Waals surface area contributed by atoms with Gasteiger partial charge in [0.15, 0.2) is 0 Å². The van der Waals surface area contributed by atoms with Crippen LogP contribution in [0.3, 0.4) is 0 Å². The Labute approximate surface area is 93.7 Å². The molecule has 0 bridgehead atoms. The molecular formula is C11H10N2O2S. The number of nitrogens with one attached hydrogen (secondary N) is 1. The summed E-state index contributed by atoms with van der Waals surface area (Å²) in [4.78, 5) is 3.04. The quantitative estimate of drug-likeness (QED) is 0.823. The first kappa shape index (κ1) is 10.6. The summed E-state index contributed by atoms with van der Waals surface area (Å²) >= 11 is 0. The highest BCUT2D eigenvalue weighted by atomic mass is 32.2. The van der Waals surface area contributed by atoms with Crippen LogP contribution in [0.25, 0.3) is 0 Å². The van der Waals surface area contributed by atoms with Crippen LogP contribution in [0.15, 0.2) is 58.0 Å². The molecule has 4 nitrogen and oxygen atoms in total. The van der Waals surface area contributed by atoms with Gasteiger partial charge in [-0.2, -0.15) is 12.8 Å². The molecule has 0 aliphatic heterocycles. The third-order valence-electron chi connectivity index (χ3n) is 1.99. The number of H-pyrrole nitrogens is 1. The summed E-state index contributed by atoms with van der Waals surface area (Å²) in [6.07, 6.45) is 3.00. The second kappa shape index (κ2) is 4.32. The molecule has 0 atom stereocenters. The van der Waals surface area contributed by atoms with Gasteiger partial charge in [0.25, 0.3) is 10.0 Å². The minimum Gasteiger partial charge on any atom is -0.360 e. The SMILES string of the molecule is O=S(=O)(/N=C/c1ccc[nH]1)c1ccccc1. The van der Waals surface area contributed by atoms with Gasteiger partial charge in [-0.1, -0.05) is 18.2 Å². The highest BCUT2D eigenvalue weighted by molar-refractivity contribution is 7.90. The normalized spacial score (nSPS) is 12.0. The molecule has 0 aliphatic rings. The molecule has 1 aromatic carbocycles. The summed E-state index contributed by atoms with van der Waals surface area (Å²) in [6, 6.07) is 11.6. The van der Waals surface area contributed by atoms with Gasteiger partial charge in [-0.15, -0.1) is 0 Å². The molecule has 0 saturated heterocycles. The van der Waals surface area contributed by atoms with E-state index < -0.39 is 10.0 Å². The molecule has 1 heterocycles. The molecule has 0 saturated carbocycles. The lowest BCUT2D eigenvalue weighted by Gasteiger charge is -1.96. The monoisotopic (exact) mass is 234 g/mol. The van der Waals surface area contributed by atoms with Crippen molar-refractivity contribution >= 4 is 16.2 Å². The average Bonchev–Trinajstić information content (AvgIpc) is 2.81. The zero-order valence-electron chi connectivity index (χ0n) is 8.37. The fourth-order valence-electron chi connectivity index (χ4n) is 1.20. The number of rotatable bonds is 3. The van der Waals surface area contributed by atoms with Crippen LogP contribution in [-0.2, 0) is 10.0 Å². The second-order valence-corrected chi connectivity index (χ2v) is 4.78. The number of benzene rings is 1. The number of hydrogen-bond acceptors (Lipinski definition) is 2. The Morgan fingerprint density at radius 2 is 1.81 bits per heavy atom. The molecular weight excluding hydrogens is 224 g/mol. The molecule has 1 N–H and O–H groups in total. The Kier molecular flexibility index (Phi) is 2.87. The van der Waals surface area contributed by atoms with Crippen molar-refractivity contribution in [3.63, 3.8) is 0 Å². The maximum atomic E-state index is 11.7. The maximum Gasteiger partial charge on any atom is 0.282 e. The van der Waals surface area contributed by atoms with E-state index in [-0.39, 0.29) is 4.90 Å². The summed E-state index contributed by atoms with van der Waals surface area (Å²) in [5, 5.41) is 0. The third kappa shape index (κ3) is 2.38. The van der Waals surface area contributed by atoms with Crippen LogP contribution in [0.1, 0.15) is 5.69 Å². The van der Waals surface area contributed by atoms with Gasteiger partial charge < -0.3 is 4.98 Å². The zero-order chi connectivity index (χ0) is 11.4. The minimum atomic E-state index is -3.59. The molecule has 82 valence electrons. The second-order valence-electron chi connectivity index (χ2n) is 3.15. The first-order valence-corrected chi connectivity index (χ1v) is 6.11. The van der Waals surface area contributed by atoms with Crippen molar-refractivity contribution in [2.75, 3.05) is 0 Å². The van der Waals surface area contributed by atoms with E-state index in [1.54, 1.807) is 36.5 Å². The van der Waals surface area contributed by atoms with Gasteiger partial charge in [0, 0.05) is 6.20 Å². The highest BCUT2D eigenvalue weighted by Crippen LogP contribution is 2.10. The van der Waals surface area contributed by atoms with Gasteiger partial charge in [0.05, 0.1) is 16.8 Å². The number of sulfonamides is 1. The van der Waals surface area contributed by atoms with E-state index in [0.29, 0.717) is 5.69 Å². The molecule has 0 spiro atoms. The Hall–Kier alpha value is -1.88. The van der Waals surface area contributed by atoms with E-state index in [0.717, 1.165) is 0 Å². The predicted molar refractivity (Wildman–Crippen MR) is 62.0 cm³/mol. The number of aromatic nitrogens is 1. The molecule has 0 amide bonds. The molecule has 5 heteroatoms. The van der Waals surface area contributed by atoms with Gasteiger partial charge in [0.1, 0.15) is 0 Å². The number of aromatic amines is 1. The van der Waals surface area contributed by atoms with Crippen molar-refractivity contribution in [1.82, 2.24) is 4.98 Å². The van der Waals surface area contributed by atoms with Gasteiger partial charge >= 0.3 is 0 Å². The Bertz CT molecular complexity index is 572. The molecule has 2 aromatic rings. The Morgan fingerprint density at radius 3 is 2.44 bits per heavy atom. The van der Waals surface area contributed by atoms with E-state index in [1.165, 1.54) is 18.3 Å². The molecule has 16 heavy (non-hydrogen) atoms. The minimum absolute atomic E-state index is 0.192. The first-order valence-electron chi connectivity index (χ1n) is 4.67. The van der Waals surface area contributed by atoms with Crippen molar-refractivity contribution in [3.8, 4) is 0 Å². The fourth-order valence-corrected chi connectivity index (χ4v) is 2.08. The topological polar surface area (TPSA) is 62.3 Å². The Balaban J connectivity index is 2.28. The Morgan fingerprint density at radius 1 is 1.06 bits per heavy atom. The van der Waals surface area contributed by atoms with Gasteiger partial charge in [-0.3, -0.25) is 0 Å². The molecule has 2 rings (SSSR count). The predicted octanol–water partition coefficient (Wildman–Crippen LogP) is 1.82. The van der Waals surface area contributed by atoms with Crippen molar-refractivity contribution in [2.24, 2.45) is 4.40 Å². The molecule has 0 fully saturated rings. The fraction of sp³-hybridized carbons (Fsp3) is 0. The lowest BCUT2D eigenvalue weighted by Crippen LogP contribution is -1.97. The van der Waals surface area contributed by atoms with Crippen LogP contribution in [0.5, 0.6) is 0 Å². The van der Waals surface area contributed by atoms with E-state index in [4.69, 9.17) is 0 Å². The van der Waals surface area contributed by atoms with Crippen molar-refractivity contribution in [3.05, 3.63) is 54.4 Å². The average molecular weight is 234 g/mol. The van der Waals surface area contributed by atoms with E-state index >= 15 is 0 Å². The van der Waals surface area contributed by atoms with Crippen LogP contribution >= 0.6 is 0 Å². The number of hydrogen-bond donors (Lipinski definition) is 1. The zero-order valence-corrected chi connectivity index (χ0v) is 9.18. The van der Waals surface area contributed by atoms with Crippen LogP contribution in [0, 0.1) is 0 Å². The van der Waals surface area contributed by atoms with Crippen LogP contribution < -0.4 is 0 Å². The molecule has 0 radical (unpaired) electrons. The third-order valence-corrected chi connectivity index (χ3v) is 3.24. The maximum absolute atomic E-state index is 11.7. The lowest BCUT2D eigenvalue weighted by atomic mass is 10.4. The summed E-state index contributed by atoms with van der Waals surface area (Å²) in [5.41, 5.74) is 0.652. The largest absolute Gasteiger partial charge is 0.360 e. The summed E-state index contributed by atoms with van der Waals surface area (Å²) in [6.45, 7) is 0. The van der Waals surface area contributed by atoms with Crippen LogP contribution in [-0.4, -0.2) is 19.6 Å². The molecule has 0 aliphatic carbocycles. The van der Waals surface area contributed by atoms with Crippen molar-refractivity contribution < 1.29 is 8.42 Å². The smallest absolute Gasteiger partial charge is 0.282 e. The van der Waals surface area contributed by atoms with E-state index in [1.807, 2.05) is 0 Å². The van der Waals surface area contributed by atoms with Crippen molar-refractivity contribution in [1.29, 1.82) is 0 Å². The standard InChI is InChI=1S/C11H10N2O2S/c14-16(15,11-6-2-1-3-7-11)13-9-10-5-4-8-12-10/h1-9,12H/b13-9+. The summed E-state index contributed by atoms with van der Waals surface area (Å²) in [5.74, 6) is 0. The van der Waals surface area contributed by atoms with Gasteiger partial charge in [-0.05, 0) is 24.3 Å². The van der Waals surface area contributed by atoms with E-state index in [9.17, 15) is 8.42 Å². The highest BCUT2D eigenvalue weighted by Gasteiger charge is 2.09. The summed E-state index contributed by atoms with van der Waals surface area (Å²) < 4.78 is 27.0.